The van der Waals surface area contributed by atoms with Gasteiger partial charge in [-0.25, -0.2) is 26.3 Å². The van der Waals surface area contributed by atoms with Crippen LogP contribution in [-0.4, -0.2) is 0 Å². The van der Waals surface area contributed by atoms with E-state index in [1.807, 2.05) is 0 Å². The molecule has 6 rings (SSSR count). The van der Waals surface area contributed by atoms with Gasteiger partial charge in [-0.05, 0) is 28.2 Å². The Morgan fingerprint density at radius 2 is 0.943 bits per heavy atom. The topological polar surface area (TPSA) is 0 Å². The highest BCUT2D eigenvalue weighted by Gasteiger charge is 2.34. The Bertz CT molecular complexity index is 1630. The maximum Gasteiger partial charge on any atom is 0.171 e. The molecule has 0 N–H and O–H groups in total. The van der Waals surface area contributed by atoms with Gasteiger partial charge in [-0.1, -0.05) is 50.0 Å². The molecule has 174 valence electrons. The van der Waals surface area contributed by atoms with Crippen LogP contribution in [0.2, 0.25) is 0 Å². The quantitative estimate of drug-likeness (QED) is 0.157. The Kier molecular flexibility index (Phi) is 5.29. The van der Waals surface area contributed by atoms with Crippen LogP contribution in [0.25, 0.3) is 47.2 Å². The molecule has 0 spiro atoms. The van der Waals surface area contributed by atoms with Crippen LogP contribution in [-0.2, 0) is 0 Å². The van der Waals surface area contributed by atoms with Crippen molar-refractivity contribution in [3.8, 4) is 26.2 Å². The van der Waals surface area contributed by atoms with Gasteiger partial charge in [0.1, 0.15) is 11.6 Å². The van der Waals surface area contributed by atoms with Crippen molar-refractivity contribution in [2.24, 2.45) is 0 Å². The molecule has 3 aromatic heterocycles. The number of hydrogen-bond donors (Lipinski definition) is 0. The number of fused-ring (bicyclic) bond motifs is 3. The van der Waals surface area contributed by atoms with Crippen molar-refractivity contribution < 1.29 is 26.3 Å². The van der Waals surface area contributed by atoms with Gasteiger partial charge in [-0.2, -0.15) is 0 Å². The van der Waals surface area contributed by atoms with E-state index in [1.54, 1.807) is 53.2 Å². The average molecular weight is 532 g/mol. The zero-order valence-electron chi connectivity index (χ0n) is 17.4. The van der Waals surface area contributed by atoms with Crippen LogP contribution in [0.3, 0.4) is 0 Å². The van der Waals surface area contributed by atoms with Crippen molar-refractivity contribution >= 4 is 51.2 Å². The standard InChI is InChI=1S/C26H11F6PS2/c27-19-15(13-8-4-10-34-13)23(31)25-17(21(19)29)18-22(30)20(28)16(14-9-5-11-35-14)24(32)26(18)33(25)12-6-2-1-3-7-12/h1-11H. The second-order valence-corrected chi connectivity index (χ2v) is 11.7. The van der Waals surface area contributed by atoms with E-state index in [2.05, 4.69) is 0 Å². The Labute approximate surface area is 203 Å². The molecular formula is C26H11F6PS2. The summed E-state index contributed by atoms with van der Waals surface area (Å²) < 4.78 is 93.8. The predicted octanol–water partition coefficient (Wildman–Crippen LogP) is 10.3. The van der Waals surface area contributed by atoms with E-state index in [0.717, 1.165) is 22.7 Å². The first kappa shape index (κ1) is 22.4. The van der Waals surface area contributed by atoms with Crippen LogP contribution in [0.5, 0.6) is 0 Å². The Hall–Kier alpha value is -3.06. The second kappa shape index (κ2) is 8.26. The average Bonchev–Trinajstić information content (AvgIpc) is 3.62. The molecule has 9 heteroatoms. The van der Waals surface area contributed by atoms with Gasteiger partial charge < -0.3 is 0 Å². The summed E-state index contributed by atoms with van der Waals surface area (Å²) in [6, 6.07) is 14.1. The van der Waals surface area contributed by atoms with Gasteiger partial charge in [-0.3, -0.25) is 0 Å². The molecule has 0 saturated heterocycles. The zero-order valence-corrected chi connectivity index (χ0v) is 19.9. The van der Waals surface area contributed by atoms with Crippen LogP contribution >= 0.6 is 30.2 Å². The number of benzene rings is 3. The summed E-state index contributed by atoms with van der Waals surface area (Å²) >= 11 is 2.01. The van der Waals surface area contributed by atoms with Gasteiger partial charge in [0.2, 0.25) is 0 Å². The molecule has 0 aliphatic carbocycles. The Morgan fingerprint density at radius 1 is 0.486 bits per heavy atom. The first-order chi connectivity index (χ1) is 16.9. The van der Waals surface area contributed by atoms with E-state index in [0.29, 0.717) is 5.30 Å². The molecule has 0 saturated carbocycles. The minimum atomic E-state index is -2.21. The van der Waals surface area contributed by atoms with E-state index in [9.17, 15) is 0 Å². The monoisotopic (exact) mass is 532 g/mol. The zero-order chi connectivity index (χ0) is 24.4. The normalized spacial score (nSPS) is 11.7. The molecule has 0 atom stereocenters. The summed E-state index contributed by atoms with van der Waals surface area (Å²) in [5.74, 6) is -8.33. The summed E-state index contributed by atoms with van der Waals surface area (Å²) in [6.07, 6.45) is 0. The van der Waals surface area contributed by atoms with E-state index in [1.165, 1.54) is 12.1 Å². The summed E-state index contributed by atoms with van der Waals surface area (Å²) in [6.45, 7) is 0. The fraction of sp³-hybridized carbons (Fsp3) is 0. The maximum absolute atomic E-state index is 16.1. The van der Waals surface area contributed by atoms with E-state index in [-0.39, 0.29) is 20.0 Å². The first-order valence-electron chi connectivity index (χ1n) is 10.3. The lowest BCUT2D eigenvalue weighted by Gasteiger charge is -2.10. The predicted molar refractivity (Wildman–Crippen MR) is 132 cm³/mol. The first-order valence-corrected chi connectivity index (χ1v) is 13.4. The molecule has 6 aromatic rings. The molecule has 0 aliphatic heterocycles. The fourth-order valence-corrected chi connectivity index (χ4v) is 8.60. The molecule has 0 fully saturated rings. The third-order valence-electron chi connectivity index (χ3n) is 5.84. The van der Waals surface area contributed by atoms with E-state index < -0.39 is 64.3 Å². The summed E-state index contributed by atoms with van der Waals surface area (Å²) in [5.41, 5.74) is -1.21. The molecule has 0 radical (unpaired) electrons. The Morgan fingerprint density at radius 3 is 1.34 bits per heavy atom. The minimum absolute atomic E-state index is 0.132. The lowest BCUT2D eigenvalue weighted by molar-refractivity contribution is 0.505. The van der Waals surface area contributed by atoms with Crippen LogP contribution < -0.4 is 0 Å². The molecule has 3 aromatic carbocycles. The van der Waals surface area contributed by atoms with Crippen LogP contribution in [0, 0.1) is 34.9 Å². The molecule has 0 unspecified atom stereocenters. The summed E-state index contributed by atoms with van der Waals surface area (Å²) in [7, 11) is -2.21. The van der Waals surface area contributed by atoms with Crippen molar-refractivity contribution in [2.45, 2.75) is 0 Å². The summed E-state index contributed by atoms with van der Waals surface area (Å²) in [5, 5.41) is 1.31. The van der Waals surface area contributed by atoms with Crippen molar-refractivity contribution in [3.63, 3.8) is 0 Å². The highest BCUT2D eigenvalue weighted by molar-refractivity contribution is 7.68. The molecule has 0 aliphatic rings. The van der Waals surface area contributed by atoms with Crippen molar-refractivity contribution in [1.82, 2.24) is 0 Å². The van der Waals surface area contributed by atoms with Crippen LogP contribution in [0.15, 0.2) is 65.4 Å². The minimum Gasteiger partial charge on any atom is -0.205 e. The van der Waals surface area contributed by atoms with Crippen LogP contribution in [0.4, 0.5) is 26.3 Å². The fourth-order valence-electron chi connectivity index (χ4n) is 4.39. The lowest BCUT2D eigenvalue weighted by atomic mass is 10.0. The van der Waals surface area contributed by atoms with Gasteiger partial charge in [0, 0.05) is 30.8 Å². The maximum atomic E-state index is 16.1. The number of hydrogen-bond acceptors (Lipinski definition) is 2. The lowest BCUT2D eigenvalue weighted by Crippen LogP contribution is -1.97. The highest BCUT2D eigenvalue weighted by atomic mass is 32.1. The van der Waals surface area contributed by atoms with Gasteiger partial charge in [0.15, 0.2) is 23.3 Å². The number of thiophene rings is 2. The third-order valence-corrected chi connectivity index (χ3v) is 10.2. The van der Waals surface area contributed by atoms with E-state index >= 15 is 26.3 Å². The van der Waals surface area contributed by atoms with Crippen molar-refractivity contribution in [3.05, 3.63) is 100 Å². The second-order valence-electron chi connectivity index (χ2n) is 7.71. The SMILES string of the molecule is Fc1c(-c2cccs2)c(F)c2c(c1F)c1c(F)c(F)c(-c3cccs3)c(F)c1p2-c1ccccc1. The third kappa shape index (κ3) is 3.13. The van der Waals surface area contributed by atoms with Crippen LogP contribution in [0.1, 0.15) is 0 Å². The molecule has 3 heterocycles. The van der Waals surface area contributed by atoms with E-state index in [4.69, 9.17) is 0 Å². The molecule has 0 bridgehead atoms. The number of halogens is 6. The van der Waals surface area contributed by atoms with Crippen molar-refractivity contribution in [2.75, 3.05) is 0 Å². The van der Waals surface area contributed by atoms with Gasteiger partial charge >= 0.3 is 0 Å². The van der Waals surface area contributed by atoms with Crippen molar-refractivity contribution in [1.29, 1.82) is 0 Å². The highest BCUT2D eigenvalue weighted by Crippen LogP contribution is 2.60. The van der Waals surface area contributed by atoms with Gasteiger partial charge in [0.25, 0.3) is 0 Å². The molecule has 0 nitrogen and oxygen atoms in total. The van der Waals surface area contributed by atoms with Gasteiger partial charge in [0.05, 0.1) is 11.1 Å². The molecule has 35 heavy (non-hydrogen) atoms. The molecule has 0 amide bonds. The number of rotatable bonds is 3. The summed E-state index contributed by atoms with van der Waals surface area (Å²) in [4.78, 5) is 0.263. The Balaban J connectivity index is 1.92. The smallest absolute Gasteiger partial charge is 0.171 e. The molecular weight excluding hydrogens is 521 g/mol. The largest absolute Gasteiger partial charge is 0.205 e. The van der Waals surface area contributed by atoms with Gasteiger partial charge in [-0.15, -0.1) is 22.7 Å².